The summed E-state index contributed by atoms with van der Waals surface area (Å²) in [5.41, 5.74) is 7.51. The molecule has 1 fully saturated rings. The van der Waals surface area contributed by atoms with Gasteiger partial charge in [-0.05, 0) is 37.6 Å². The molecule has 0 bridgehead atoms. The Labute approximate surface area is 101 Å². The summed E-state index contributed by atoms with van der Waals surface area (Å²) in [6.45, 7) is 3.27. The summed E-state index contributed by atoms with van der Waals surface area (Å²) >= 11 is 0. The van der Waals surface area contributed by atoms with Gasteiger partial charge in [-0.25, -0.2) is 4.79 Å². The highest BCUT2D eigenvalue weighted by Crippen LogP contribution is 2.22. The van der Waals surface area contributed by atoms with Crippen LogP contribution >= 0.6 is 0 Å². The third kappa shape index (κ3) is 2.77. The molecule has 1 aliphatic rings. The number of nitrogens with two attached hydrogens (primary N) is 1. The number of carbonyl (C=O) groups excluding carboxylic acids is 1. The highest BCUT2D eigenvalue weighted by Gasteiger charge is 2.27. The van der Waals surface area contributed by atoms with Crippen molar-refractivity contribution in [1.29, 1.82) is 0 Å². The van der Waals surface area contributed by atoms with Crippen molar-refractivity contribution in [3.05, 3.63) is 29.8 Å². The fourth-order valence-corrected chi connectivity index (χ4v) is 2.05. The average molecular weight is 234 g/mol. The van der Waals surface area contributed by atoms with Crippen LogP contribution in [-0.4, -0.2) is 25.3 Å². The van der Waals surface area contributed by atoms with Crippen molar-refractivity contribution >= 4 is 11.8 Å². The highest BCUT2D eigenvalue weighted by molar-refractivity contribution is 5.88. The third-order valence-corrected chi connectivity index (χ3v) is 2.96. The average Bonchev–Trinajstić information content (AvgIpc) is 2.29. The molecule has 1 aromatic rings. The van der Waals surface area contributed by atoms with E-state index in [1.807, 2.05) is 31.2 Å². The summed E-state index contributed by atoms with van der Waals surface area (Å²) in [4.78, 5) is 13.5. The summed E-state index contributed by atoms with van der Waals surface area (Å²) in [6.07, 6.45) is 1.30. The number of hydrogen-bond donors (Lipinski definition) is 1. The van der Waals surface area contributed by atoms with E-state index >= 15 is 0 Å². The van der Waals surface area contributed by atoms with Crippen molar-refractivity contribution in [3.8, 4) is 0 Å². The molecule has 4 nitrogen and oxygen atoms in total. The van der Waals surface area contributed by atoms with Crippen LogP contribution in [0.1, 0.15) is 18.4 Å². The number of benzene rings is 1. The fourth-order valence-electron chi connectivity index (χ4n) is 2.05. The maximum Gasteiger partial charge on any atom is 0.414 e. The summed E-state index contributed by atoms with van der Waals surface area (Å²) in [5.74, 6) is 0. The van der Waals surface area contributed by atoms with E-state index in [0.29, 0.717) is 13.1 Å². The molecule has 0 aliphatic carbocycles. The molecule has 17 heavy (non-hydrogen) atoms. The molecule has 1 saturated heterocycles. The molecule has 1 aromatic carbocycles. The summed E-state index contributed by atoms with van der Waals surface area (Å²) < 4.78 is 5.34. The number of nitrogens with zero attached hydrogens (tertiary/aromatic N) is 1. The summed E-state index contributed by atoms with van der Waals surface area (Å²) in [6, 6.07) is 7.88. The maximum absolute atomic E-state index is 11.9. The standard InChI is InChI=1S/C13H18N2O2/c1-10-3-2-4-11(9-10)15-8-6-12(5-7-14)17-13(15)16/h2-4,9,12H,5-8,14H2,1H3. The van der Waals surface area contributed by atoms with Gasteiger partial charge >= 0.3 is 6.09 Å². The molecule has 0 saturated carbocycles. The van der Waals surface area contributed by atoms with E-state index in [0.717, 1.165) is 24.1 Å². The van der Waals surface area contributed by atoms with Crippen molar-refractivity contribution in [2.24, 2.45) is 5.73 Å². The van der Waals surface area contributed by atoms with Gasteiger partial charge in [0.25, 0.3) is 0 Å². The van der Waals surface area contributed by atoms with Crippen LogP contribution < -0.4 is 10.6 Å². The van der Waals surface area contributed by atoms with E-state index in [1.165, 1.54) is 0 Å². The van der Waals surface area contributed by atoms with Gasteiger partial charge in [-0.15, -0.1) is 0 Å². The van der Waals surface area contributed by atoms with E-state index < -0.39 is 0 Å². The third-order valence-electron chi connectivity index (χ3n) is 2.96. The number of hydrogen-bond acceptors (Lipinski definition) is 3. The molecule has 1 aliphatic heterocycles. The Morgan fingerprint density at radius 2 is 2.35 bits per heavy atom. The van der Waals surface area contributed by atoms with E-state index in [-0.39, 0.29) is 12.2 Å². The molecule has 2 rings (SSSR count). The van der Waals surface area contributed by atoms with Gasteiger partial charge in [0.05, 0.1) is 0 Å². The lowest BCUT2D eigenvalue weighted by Gasteiger charge is -2.31. The number of amides is 1. The molecular formula is C13H18N2O2. The predicted molar refractivity (Wildman–Crippen MR) is 67.1 cm³/mol. The molecule has 1 amide bonds. The minimum atomic E-state index is -0.264. The minimum Gasteiger partial charge on any atom is -0.446 e. The lowest BCUT2D eigenvalue weighted by Crippen LogP contribution is -2.42. The highest BCUT2D eigenvalue weighted by atomic mass is 16.6. The van der Waals surface area contributed by atoms with Gasteiger partial charge < -0.3 is 10.5 Å². The lowest BCUT2D eigenvalue weighted by molar-refractivity contribution is 0.0807. The number of ether oxygens (including phenoxy) is 1. The van der Waals surface area contributed by atoms with Crippen molar-refractivity contribution in [2.75, 3.05) is 18.0 Å². The van der Waals surface area contributed by atoms with E-state index in [2.05, 4.69) is 0 Å². The van der Waals surface area contributed by atoms with Crippen molar-refractivity contribution in [3.63, 3.8) is 0 Å². The van der Waals surface area contributed by atoms with Crippen LogP contribution in [0.2, 0.25) is 0 Å². The first-order chi connectivity index (χ1) is 8.20. The van der Waals surface area contributed by atoms with Gasteiger partial charge in [-0.3, -0.25) is 4.90 Å². The van der Waals surface area contributed by atoms with Crippen LogP contribution in [0.25, 0.3) is 0 Å². The number of anilines is 1. The second-order valence-corrected chi connectivity index (χ2v) is 4.36. The zero-order chi connectivity index (χ0) is 12.3. The Balaban J connectivity index is 2.07. The van der Waals surface area contributed by atoms with Crippen LogP contribution in [-0.2, 0) is 4.74 Å². The minimum absolute atomic E-state index is 0.0199. The smallest absolute Gasteiger partial charge is 0.414 e. The van der Waals surface area contributed by atoms with Crippen molar-refractivity contribution in [1.82, 2.24) is 0 Å². The maximum atomic E-state index is 11.9. The van der Waals surface area contributed by atoms with Crippen molar-refractivity contribution in [2.45, 2.75) is 25.9 Å². The normalized spacial score (nSPS) is 20.2. The molecule has 2 N–H and O–H groups in total. The molecule has 92 valence electrons. The molecular weight excluding hydrogens is 216 g/mol. The zero-order valence-corrected chi connectivity index (χ0v) is 10.1. The Morgan fingerprint density at radius 3 is 3.00 bits per heavy atom. The van der Waals surface area contributed by atoms with Gasteiger partial charge in [0.2, 0.25) is 0 Å². The molecule has 1 unspecified atom stereocenters. The monoisotopic (exact) mass is 234 g/mol. The van der Waals surface area contributed by atoms with E-state index in [4.69, 9.17) is 10.5 Å². The largest absolute Gasteiger partial charge is 0.446 e. The summed E-state index contributed by atoms with van der Waals surface area (Å²) in [7, 11) is 0. The Bertz CT molecular complexity index is 406. The second kappa shape index (κ2) is 5.19. The van der Waals surface area contributed by atoms with Crippen LogP contribution in [0.3, 0.4) is 0 Å². The molecule has 1 atom stereocenters. The SMILES string of the molecule is Cc1cccc(N2CCC(CCN)OC2=O)c1. The van der Waals surface area contributed by atoms with Gasteiger partial charge in [0, 0.05) is 18.7 Å². The van der Waals surface area contributed by atoms with Gasteiger partial charge in [0.1, 0.15) is 6.10 Å². The quantitative estimate of drug-likeness (QED) is 0.871. The molecule has 1 heterocycles. The predicted octanol–water partition coefficient (Wildman–Crippen LogP) is 2.06. The number of aryl methyl sites for hydroxylation is 1. The van der Waals surface area contributed by atoms with Gasteiger partial charge in [0.15, 0.2) is 0 Å². The first-order valence-corrected chi connectivity index (χ1v) is 5.95. The second-order valence-electron chi connectivity index (χ2n) is 4.36. The lowest BCUT2D eigenvalue weighted by atomic mass is 10.1. The molecule has 4 heteroatoms. The topological polar surface area (TPSA) is 55.6 Å². The van der Waals surface area contributed by atoms with Crippen LogP contribution in [0.15, 0.2) is 24.3 Å². The molecule has 0 spiro atoms. The van der Waals surface area contributed by atoms with Crippen LogP contribution in [0, 0.1) is 6.92 Å². The van der Waals surface area contributed by atoms with Gasteiger partial charge in [-0.1, -0.05) is 12.1 Å². The molecule has 0 radical (unpaired) electrons. The Hall–Kier alpha value is -1.55. The van der Waals surface area contributed by atoms with Crippen LogP contribution in [0.5, 0.6) is 0 Å². The number of carbonyl (C=O) groups is 1. The number of cyclic esters (lactones) is 1. The zero-order valence-electron chi connectivity index (χ0n) is 10.1. The fraction of sp³-hybridized carbons (Fsp3) is 0.462. The number of rotatable bonds is 3. The van der Waals surface area contributed by atoms with Crippen LogP contribution in [0.4, 0.5) is 10.5 Å². The van der Waals surface area contributed by atoms with E-state index in [9.17, 15) is 4.79 Å². The molecule has 0 aromatic heterocycles. The Kier molecular flexibility index (Phi) is 3.64. The van der Waals surface area contributed by atoms with Gasteiger partial charge in [-0.2, -0.15) is 0 Å². The Morgan fingerprint density at radius 1 is 1.53 bits per heavy atom. The summed E-state index contributed by atoms with van der Waals surface area (Å²) in [5, 5.41) is 0. The first kappa shape index (κ1) is 11.9. The van der Waals surface area contributed by atoms with Crippen molar-refractivity contribution < 1.29 is 9.53 Å². The van der Waals surface area contributed by atoms with E-state index in [1.54, 1.807) is 4.90 Å². The first-order valence-electron chi connectivity index (χ1n) is 5.95.